The summed E-state index contributed by atoms with van der Waals surface area (Å²) in [6.07, 6.45) is 3.63. The largest absolute Gasteiger partial charge is 0.338 e. The number of likely N-dealkylation sites (tertiary alicyclic amines) is 2. The summed E-state index contributed by atoms with van der Waals surface area (Å²) in [4.78, 5) is 17.2. The third kappa shape index (κ3) is 3.02. The standard InChI is InChI=1S/C17H23BrN2O/c1-12-5-6-13(10-15(12)18)17(21)20-9-7-16-14(11-20)4-3-8-19(16)2/h5-6,10,14,16H,3-4,7-9,11H2,1-2H3. The number of rotatable bonds is 1. The molecule has 1 amide bonds. The van der Waals surface area contributed by atoms with Gasteiger partial charge in [-0.15, -0.1) is 0 Å². The Morgan fingerprint density at radius 2 is 2.10 bits per heavy atom. The minimum Gasteiger partial charge on any atom is -0.338 e. The number of carbonyl (C=O) groups is 1. The Kier molecular flexibility index (Phi) is 4.36. The lowest BCUT2D eigenvalue weighted by molar-refractivity contribution is 0.0317. The molecule has 3 nitrogen and oxygen atoms in total. The predicted octanol–water partition coefficient (Wildman–Crippen LogP) is 3.31. The molecule has 2 fully saturated rings. The Balaban J connectivity index is 1.72. The first-order valence-corrected chi connectivity index (χ1v) is 8.61. The van der Waals surface area contributed by atoms with Crippen LogP contribution in [-0.4, -0.2) is 48.4 Å². The molecule has 0 radical (unpaired) electrons. The number of piperidine rings is 2. The molecule has 0 aromatic heterocycles. The van der Waals surface area contributed by atoms with Crippen molar-refractivity contribution in [2.75, 3.05) is 26.7 Å². The highest BCUT2D eigenvalue weighted by Gasteiger charge is 2.35. The van der Waals surface area contributed by atoms with Crippen LogP contribution in [0.4, 0.5) is 0 Å². The van der Waals surface area contributed by atoms with Crippen LogP contribution in [0.5, 0.6) is 0 Å². The molecule has 4 heteroatoms. The number of nitrogens with zero attached hydrogens (tertiary/aromatic N) is 2. The lowest BCUT2D eigenvalue weighted by Gasteiger charge is -2.46. The maximum absolute atomic E-state index is 12.7. The number of hydrogen-bond acceptors (Lipinski definition) is 2. The van der Waals surface area contributed by atoms with Gasteiger partial charge in [0.05, 0.1) is 0 Å². The fraction of sp³-hybridized carbons (Fsp3) is 0.588. The summed E-state index contributed by atoms with van der Waals surface area (Å²) in [7, 11) is 2.23. The van der Waals surface area contributed by atoms with Gasteiger partial charge in [-0.2, -0.15) is 0 Å². The Bertz CT molecular complexity index is 546. The summed E-state index contributed by atoms with van der Waals surface area (Å²) in [5.74, 6) is 0.831. The van der Waals surface area contributed by atoms with Crippen LogP contribution in [0.2, 0.25) is 0 Å². The molecule has 3 rings (SSSR count). The molecule has 0 N–H and O–H groups in total. The van der Waals surface area contributed by atoms with E-state index in [9.17, 15) is 4.79 Å². The molecule has 1 aromatic carbocycles. The average molecular weight is 351 g/mol. The van der Waals surface area contributed by atoms with Crippen molar-refractivity contribution >= 4 is 21.8 Å². The second-order valence-corrected chi connectivity index (χ2v) is 7.31. The highest BCUT2D eigenvalue weighted by Crippen LogP contribution is 2.30. The summed E-state index contributed by atoms with van der Waals surface area (Å²) in [5.41, 5.74) is 1.97. The number of aryl methyl sites for hydroxylation is 1. The molecule has 114 valence electrons. The van der Waals surface area contributed by atoms with Crippen LogP contribution in [0.25, 0.3) is 0 Å². The summed E-state index contributed by atoms with van der Waals surface area (Å²) < 4.78 is 1.01. The van der Waals surface area contributed by atoms with Crippen molar-refractivity contribution in [1.29, 1.82) is 0 Å². The summed E-state index contributed by atoms with van der Waals surface area (Å²) >= 11 is 3.52. The Morgan fingerprint density at radius 3 is 2.86 bits per heavy atom. The van der Waals surface area contributed by atoms with Gasteiger partial charge in [0.1, 0.15) is 0 Å². The zero-order chi connectivity index (χ0) is 15.0. The zero-order valence-corrected chi connectivity index (χ0v) is 14.4. The monoisotopic (exact) mass is 350 g/mol. The van der Waals surface area contributed by atoms with Crippen molar-refractivity contribution < 1.29 is 4.79 Å². The van der Waals surface area contributed by atoms with Gasteiger partial charge in [-0.05, 0) is 63.4 Å². The Hall–Kier alpha value is -0.870. The fourth-order valence-corrected chi connectivity index (χ4v) is 4.12. The van der Waals surface area contributed by atoms with E-state index >= 15 is 0 Å². The molecule has 1 aromatic rings. The molecule has 2 unspecified atom stereocenters. The van der Waals surface area contributed by atoms with E-state index in [0.29, 0.717) is 12.0 Å². The van der Waals surface area contributed by atoms with Crippen molar-refractivity contribution in [2.24, 2.45) is 5.92 Å². The van der Waals surface area contributed by atoms with E-state index in [2.05, 4.69) is 32.8 Å². The van der Waals surface area contributed by atoms with Crippen molar-refractivity contribution in [3.63, 3.8) is 0 Å². The van der Waals surface area contributed by atoms with Gasteiger partial charge < -0.3 is 9.80 Å². The lowest BCUT2D eigenvalue weighted by Crippen LogP contribution is -2.53. The van der Waals surface area contributed by atoms with Crippen LogP contribution in [0, 0.1) is 12.8 Å². The molecule has 2 heterocycles. The van der Waals surface area contributed by atoms with E-state index in [4.69, 9.17) is 0 Å². The second kappa shape index (κ2) is 6.09. The second-order valence-electron chi connectivity index (χ2n) is 6.45. The van der Waals surface area contributed by atoms with Gasteiger partial charge in [0.2, 0.25) is 0 Å². The molecule has 0 bridgehead atoms. The van der Waals surface area contributed by atoms with E-state index in [1.165, 1.54) is 24.9 Å². The Labute approximate surface area is 135 Å². The van der Waals surface area contributed by atoms with Crippen molar-refractivity contribution in [3.05, 3.63) is 33.8 Å². The van der Waals surface area contributed by atoms with Crippen LogP contribution < -0.4 is 0 Å². The molecule has 2 aliphatic rings. The van der Waals surface area contributed by atoms with Crippen molar-refractivity contribution in [2.45, 2.75) is 32.2 Å². The summed E-state index contributed by atoms with van der Waals surface area (Å²) in [6, 6.07) is 6.59. The maximum Gasteiger partial charge on any atom is 0.253 e. The van der Waals surface area contributed by atoms with E-state index in [1.807, 2.05) is 25.1 Å². The molecular formula is C17H23BrN2O. The van der Waals surface area contributed by atoms with Crippen LogP contribution in [-0.2, 0) is 0 Å². The van der Waals surface area contributed by atoms with Crippen LogP contribution in [0.1, 0.15) is 35.2 Å². The highest BCUT2D eigenvalue weighted by atomic mass is 79.9. The van der Waals surface area contributed by atoms with Gasteiger partial charge in [-0.3, -0.25) is 4.79 Å². The topological polar surface area (TPSA) is 23.6 Å². The number of hydrogen-bond donors (Lipinski definition) is 0. The average Bonchev–Trinajstić information content (AvgIpc) is 2.49. The SMILES string of the molecule is Cc1ccc(C(=O)N2CCC3C(CCCN3C)C2)cc1Br. The molecule has 2 aliphatic heterocycles. The molecule has 21 heavy (non-hydrogen) atoms. The molecule has 0 aliphatic carbocycles. The minimum absolute atomic E-state index is 0.183. The number of amides is 1. The third-order valence-electron chi connectivity index (χ3n) is 5.05. The Morgan fingerprint density at radius 1 is 1.29 bits per heavy atom. The maximum atomic E-state index is 12.7. The number of carbonyl (C=O) groups excluding carboxylic acids is 1. The fourth-order valence-electron chi connectivity index (χ4n) is 3.75. The molecule has 0 spiro atoms. The zero-order valence-electron chi connectivity index (χ0n) is 12.8. The molecule has 2 saturated heterocycles. The first kappa shape index (κ1) is 15.0. The highest BCUT2D eigenvalue weighted by molar-refractivity contribution is 9.10. The van der Waals surface area contributed by atoms with Crippen LogP contribution >= 0.6 is 15.9 Å². The van der Waals surface area contributed by atoms with Crippen LogP contribution in [0.15, 0.2) is 22.7 Å². The third-order valence-corrected chi connectivity index (χ3v) is 5.91. The van der Waals surface area contributed by atoms with E-state index in [-0.39, 0.29) is 5.91 Å². The van der Waals surface area contributed by atoms with Crippen LogP contribution in [0.3, 0.4) is 0 Å². The van der Waals surface area contributed by atoms with Gasteiger partial charge in [-0.25, -0.2) is 0 Å². The quantitative estimate of drug-likeness (QED) is 0.775. The number of benzene rings is 1. The van der Waals surface area contributed by atoms with Crippen molar-refractivity contribution in [3.8, 4) is 0 Å². The van der Waals surface area contributed by atoms with E-state index in [0.717, 1.165) is 29.5 Å². The number of halogens is 1. The van der Waals surface area contributed by atoms with Gasteiger partial charge in [0, 0.05) is 29.2 Å². The molecule has 2 atom stereocenters. The summed E-state index contributed by atoms with van der Waals surface area (Å²) in [6.45, 7) is 5.05. The van der Waals surface area contributed by atoms with Crippen molar-refractivity contribution in [1.82, 2.24) is 9.80 Å². The molecular weight excluding hydrogens is 328 g/mol. The first-order valence-electron chi connectivity index (χ1n) is 7.82. The van der Waals surface area contributed by atoms with E-state index in [1.54, 1.807) is 0 Å². The van der Waals surface area contributed by atoms with Gasteiger partial charge >= 0.3 is 0 Å². The smallest absolute Gasteiger partial charge is 0.253 e. The lowest BCUT2D eigenvalue weighted by atomic mass is 9.84. The first-order chi connectivity index (χ1) is 10.1. The molecule has 0 saturated carbocycles. The van der Waals surface area contributed by atoms with Gasteiger partial charge in [0.25, 0.3) is 5.91 Å². The van der Waals surface area contributed by atoms with Gasteiger partial charge in [-0.1, -0.05) is 22.0 Å². The minimum atomic E-state index is 0.183. The van der Waals surface area contributed by atoms with Gasteiger partial charge in [0.15, 0.2) is 0 Å². The predicted molar refractivity (Wildman–Crippen MR) is 88.5 cm³/mol. The normalized spacial score (nSPS) is 26.5. The summed E-state index contributed by atoms with van der Waals surface area (Å²) in [5, 5.41) is 0. The number of fused-ring (bicyclic) bond motifs is 1. The van der Waals surface area contributed by atoms with E-state index < -0.39 is 0 Å².